The summed E-state index contributed by atoms with van der Waals surface area (Å²) in [7, 11) is 0. The molecule has 4 rings (SSSR count). The first-order chi connectivity index (χ1) is 16.9. The maximum atomic E-state index is 13.4. The van der Waals surface area contributed by atoms with Crippen LogP contribution in [0.1, 0.15) is 53.9 Å². The number of hydrogen-bond donors (Lipinski definition) is 0. The second kappa shape index (κ2) is 11.3. The van der Waals surface area contributed by atoms with E-state index in [1.165, 1.54) is 26.2 Å². The number of para-hydroxylation sites is 1. The topological polar surface area (TPSA) is 23.6 Å². The van der Waals surface area contributed by atoms with Gasteiger partial charge in [0.15, 0.2) is 5.78 Å². The first kappa shape index (κ1) is 26.0. The van der Waals surface area contributed by atoms with E-state index in [-0.39, 0.29) is 11.8 Å². The summed E-state index contributed by atoms with van der Waals surface area (Å²) >= 11 is 3.73. The van der Waals surface area contributed by atoms with E-state index >= 15 is 0 Å². The number of hydrogen-bond acceptors (Lipinski definition) is 5. The second-order valence-corrected chi connectivity index (χ2v) is 11.8. The fourth-order valence-electron chi connectivity index (χ4n) is 5.41. The van der Waals surface area contributed by atoms with Crippen LogP contribution in [-0.2, 0) is 4.79 Å². The quantitative estimate of drug-likeness (QED) is 0.331. The van der Waals surface area contributed by atoms with Crippen LogP contribution in [0.5, 0.6) is 0 Å². The third kappa shape index (κ3) is 5.22. The number of nitrogens with zero attached hydrogens (tertiary/aromatic N) is 2. The third-order valence-electron chi connectivity index (χ3n) is 7.13. The van der Waals surface area contributed by atoms with Crippen molar-refractivity contribution in [3.63, 3.8) is 0 Å². The molecule has 3 nitrogen and oxygen atoms in total. The van der Waals surface area contributed by atoms with Crippen molar-refractivity contribution < 1.29 is 4.79 Å². The normalized spacial score (nSPS) is 25.6. The van der Waals surface area contributed by atoms with E-state index in [2.05, 4.69) is 99.6 Å². The van der Waals surface area contributed by atoms with Gasteiger partial charge in [-0.3, -0.25) is 4.79 Å². The van der Waals surface area contributed by atoms with Crippen molar-refractivity contribution in [2.45, 2.75) is 64.2 Å². The van der Waals surface area contributed by atoms with Gasteiger partial charge in [0.2, 0.25) is 0 Å². The van der Waals surface area contributed by atoms with Crippen LogP contribution >= 0.6 is 23.5 Å². The van der Waals surface area contributed by atoms with Gasteiger partial charge in [-0.1, -0.05) is 73.5 Å². The zero-order chi connectivity index (χ0) is 25.1. The Morgan fingerprint density at radius 3 is 2.71 bits per heavy atom. The van der Waals surface area contributed by atoms with Gasteiger partial charge < -0.3 is 9.80 Å². The SMILES string of the molecule is C=C(C)C1=C(/C=C\C)SC(C/C=C2/CCC(C(C)/C=C3\Sc4ccccc4N3CC)C2=O)N1CC. The summed E-state index contributed by atoms with van der Waals surface area (Å²) in [6, 6.07) is 8.58. The van der Waals surface area contributed by atoms with Crippen molar-refractivity contribution in [1.29, 1.82) is 0 Å². The molecule has 0 aromatic heterocycles. The molecular weight excluding hydrogens is 468 g/mol. The average molecular weight is 507 g/mol. The minimum Gasteiger partial charge on any atom is -0.358 e. The van der Waals surface area contributed by atoms with Gasteiger partial charge in [0.05, 0.1) is 21.8 Å². The van der Waals surface area contributed by atoms with E-state index in [0.29, 0.717) is 11.2 Å². The molecule has 3 unspecified atom stereocenters. The van der Waals surface area contributed by atoms with Crippen molar-refractivity contribution in [2.75, 3.05) is 18.0 Å². The summed E-state index contributed by atoms with van der Waals surface area (Å²) in [5, 5.41) is 1.59. The number of likely N-dealkylation sites (N-methyl/N-ethyl adjacent to an activating group) is 1. The van der Waals surface area contributed by atoms with Crippen molar-refractivity contribution in [1.82, 2.24) is 4.90 Å². The van der Waals surface area contributed by atoms with Crippen LogP contribution in [0.4, 0.5) is 5.69 Å². The highest BCUT2D eigenvalue weighted by atomic mass is 32.2. The maximum Gasteiger partial charge on any atom is 0.162 e. The van der Waals surface area contributed by atoms with Crippen LogP contribution in [-0.4, -0.2) is 29.1 Å². The van der Waals surface area contributed by atoms with Gasteiger partial charge >= 0.3 is 0 Å². The molecule has 0 amide bonds. The molecule has 0 bridgehead atoms. The molecule has 3 atom stereocenters. The first-order valence-electron chi connectivity index (χ1n) is 12.8. The monoisotopic (exact) mass is 506 g/mol. The largest absolute Gasteiger partial charge is 0.358 e. The van der Waals surface area contributed by atoms with Gasteiger partial charge in [0.25, 0.3) is 0 Å². The minimum absolute atomic E-state index is 0.0815. The van der Waals surface area contributed by atoms with Gasteiger partial charge in [-0.05, 0) is 76.2 Å². The molecule has 0 spiro atoms. The Labute approximate surface area is 220 Å². The molecule has 0 saturated heterocycles. The zero-order valence-electron chi connectivity index (χ0n) is 21.7. The number of carbonyl (C=O) groups excluding carboxylic acids is 1. The van der Waals surface area contributed by atoms with E-state index in [9.17, 15) is 4.79 Å². The van der Waals surface area contributed by atoms with Crippen LogP contribution in [0.2, 0.25) is 0 Å². The standard InChI is InChI=1S/C30H38N2OS2/c1-7-12-26-29(20(4)5)32(9-3)27(35-26)18-16-22-15-17-23(30(22)33)21(6)19-28-31(8-2)24-13-10-11-14-25(24)34-28/h7,10-14,16,19,21,23,27H,4,8-9,15,17-18H2,1-3,5-6H3/b12-7-,22-16-,28-19-. The van der Waals surface area contributed by atoms with Gasteiger partial charge in [-0.15, -0.1) is 0 Å². The molecule has 2 heterocycles. The highest BCUT2D eigenvalue weighted by Gasteiger charge is 2.35. The lowest BCUT2D eigenvalue weighted by Crippen LogP contribution is -2.28. The Hall–Kier alpha value is -2.11. The van der Waals surface area contributed by atoms with Crippen molar-refractivity contribution in [3.05, 3.63) is 81.9 Å². The first-order valence-corrected chi connectivity index (χ1v) is 14.5. The molecule has 35 heavy (non-hydrogen) atoms. The number of benzene rings is 1. The molecule has 3 aliphatic rings. The number of rotatable bonds is 8. The number of allylic oxidation sites excluding steroid dienone is 5. The van der Waals surface area contributed by atoms with Crippen LogP contribution in [0, 0.1) is 11.8 Å². The molecule has 5 heteroatoms. The van der Waals surface area contributed by atoms with E-state index in [0.717, 1.165) is 43.5 Å². The Balaban J connectivity index is 1.44. The predicted octanol–water partition coefficient (Wildman–Crippen LogP) is 8.15. The molecule has 0 N–H and O–H groups in total. The number of fused-ring (bicyclic) bond motifs is 1. The lowest BCUT2D eigenvalue weighted by atomic mass is 9.91. The second-order valence-electron chi connectivity index (χ2n) is 9.50. The molecule has 0 radical (unpaired) electrons. The zero-order valence-corrected chi connectivity index (χ0v) is 23.3. The summed E-state index contributed by atoms with van der Waals surface area (Å²) < 4.78 is 0. The summed E-state index contributed by atoms with van der Waals surface area (Å²) in [6.07, 6.45) is 11.6. The van der Waals surface area contributed by atoms with E-state index in [1.807, 2.05) is 23.5 Å². The van der Waals surface area contributed by atoms with Crippen molar-refractivity contribution in [2.24, 2.45) is 11.8 Å². The van der Waals surface area contributed by atoms with E-state index < -0.39 is 0 Å². The number of thioether (sulfide) groups is 2. The maximum absolute atomic E-state index is 13.4. The number of carbonyl (C=O) groups is 1. The van der Waals surface area contributed by atoms with Crippen molar-refractivity contribution >= 4 is 35.0 Å². The summed E-state index contributed by atoms with van der Waals surface area (Å²) in [6.45, 7) is 16.9. The number of Topliss-reactive ketones (excluding diaryl/α,β-unsaturated/α-hetero) is 1. The van der Waals surface area contributed by atoms with Crippen molar-refractivity contribution in [3.8, 4) is 0 Å². The van der Waals surface area contributed by atoms with Gasteiger partial charge in [-0.2, -0.15) is 0 Å². The highest BCUT2D eigenvalue weighted by Crippen LogP contribution is 2.47. The van der Waals surface area contributed by atoms with Crippen LogP contribution in [0.25, 0.3) is 0 Å². The van der Waals surface area contributed by atoms with Crippen LogP contribution < -0.4 is 4.90 Å². The van der Waals surface area contributed by atoms with Gasteiger partial charge in [-0.25, -0.2) is 0 Å². The predicted molar refractivity (Wildman–Crippen MR) is 153 cm³/mol. The Bertz CT molecular complexity index is 1110. The van der Waals surface area contributed by atoms with Gasteiger partial charge in [0.1, 0.15) is 0 Å². The Morgan fingerprint density at radius 1 is 1.26 bits per heavy atom. The summed E-state index contributed by atoms with van der Waals surface area (Å²) in [5.74, 6) is 0.661. The minimum atomic E-state index is 0.0815. The van der Waals surface area contributed by atoms with Gasteiger partial charge in [0, 0.05) is 28.8 Å². The molecule has 1 aliphatic carbocycles. The fraction of sp³-hybridized carbons (Fsp3) is 0.433. The van der Waals surface area contributed by atoms with Crippen LogP contribution in [0.3, 0.4) is 0 Å². The van der Waals surface area contributed by atoms with E-state index in [4.69, 9.17) is 0 Å². The third-order valence-corrected chi connectivity index (χ3v) is 9.56. The lowest BCUT2D eigenvalue weighted by molar-refractivity contribution is -0.118. The summed E-state index contributed by atoms with van der Waals surface area (Å²) in [4.78, 5) is 20.8. The molecule has 1 aromatic rings. The highest BCUT2D eigenvalue weighted by molar-refractivity contribution is 8.04. The fourth-order valence-corrected chi connectivity index (χ4v) is 8.17. The number of anilines is 1. The Kier molecular flexibility index (Phi) is 8.38. The van der Waals surface area contributed by atoms with E-state index in [1.54, 1.807) is 0 Å². The average Bonchev–Trinajstić information content (AvgIpc) is 3.50. The Morgan fingerprint density at radius 2 is 2.03 bits per heavy atom. The molecular formula is C30H38N2OS2. The van der Waals surface area contributed by atoms with Crippen LogP contribution in [0.15, 0.2) is 86.8 Å². The molecule has 1 fully saturated rings. The molecule has 2 aliphatic heterocycles. The molecule has 186 valence electrons. The molecule has 1 saturated carbocycles. The summed E-state index contributed by atoms with van der Waals surface area (Å²) in [5.41, 5.74) is 4.68. The number of ketones is 1. The molecule has 1 aromatic carbocycles. The smallest absolute Gasteiger partial charge is 0.162 e. The lowest BCUT2D eigenvalue weighted by Gasteiger charge is -2.27.